The number of piperidine rings is 1. The molecule has 2 rings (SSSR count). The number of ether oxygens (including phenoxy) is 1. The van der Waals surface area contributed by atoms with Crippen molar-refractivity contribution in [2.24, 2.45) is 0 Å². The third kappa shape index (κ3) is 5.70. The number of carbonyl (C=O) groups excluding carboxylic acids is 3. The topological polar surface area (TPSA) is 87.7 Å². The number of carbonyl (C=O) groups is 3. The lowest BCUT2D eigenvalue weighted by atomic mass is 9.97. The summed E-state index contributed by atoms with van der Waals surface area (Å²) in [5.41, 5.74) is 0.618. The fourth-order valence-electron chi connectivity index (χ4n) is 3.34. The van der Waals surface area contributed by atoms with Gasteiger partial charge in [-0.15, -0.1) is 0 Å². The molecule has 4 unspecified atom stereocenters. The lowest BCUT2D eigenvalue weighted by Gasteiger charge is -2.40. The van der Waals surface area contributed by atoms with Crippen LogP contribution in [-0.4, -0.2) is 47.0 Å². The summed E-state index contributed by atoms with van der Waals surface area (Å²) in [6, 6.07) is 7.79. The summed E-state index contributed by atoms with van der Waals surface area (Å²) in [6.45, 7) is 7.13. The van der Waals surface area contributed by atoms with Crippen molar-refractivity contribution < 1.29 is 19.1 Å². The van der Waals surface area contributed by atoms with Crippen LogP contribution in [0.2, 0.25) is 0 Å². The van der Waals surface area contributed by atoms with Crippen molar-refractivity contribution in [1.29, 1.82) is 0 Å². The van der Waals surface area contributed by atoms with E-state index in [1.54, 1.807) is 31.2 Å². The lowest BCUT2D eigenvalue weighted by Crippen LogP contribution is -2.52. The minimum Gasteiger partial charge on any atom is -0.451 e. The number of anilines is 1. The zero-order chi connectivity index (χ0) is 20.0. The number of esters is 1. The fraction of sp³-hybridized carbons (Fsp3) is 0.550. The van der Waals surface area contributed by atoms with Crippen LogP contribution < -0.4 is 10.6 Å². The number of nitrogens with zero attached hydrogens (tertiary/aromatic N) is 1. The molecule has 0 bridgehead atoms. The number of benzene rings is 1. The Labute approximate surface area is 160 Å². The molecule has 4 atom stereocenters. The fourth-order valence-corrected chi connectivity index (χ4v) is 3.34. The first-order valence-corrected chi connectivity index (χ1v) is 9.44. The molecule has 2 N–H and O–H groups in total. The zero-order valence-corrected chi connectivity index (χ0v) is 16.4. The van der Waals surface area contributed by atoms with Crippen LogP contribution in [0, 0.1) is 0 Å². The number of hydrogen-bond donors (Lipinski definition) is 2. The van der Waals surface area contributed by atoms with E-state index in [2.05, 4.69) is 10.6 Å². The number of hydrogen-bond acceptors (Lipinski definition) is 4. The quantitative estimate of drug-likeness (QED) is 0.775. The number of nitrogens with one attached hydrogen (secondary N) is 2. The summed E-state index contributed by atoms with van der Waals surface area (Å²) in [6.07, 6.45) is 2.11. The monoisotopic (exact) mass is 375 g/mol. The molecule has 1 aromatic rings. The van der Waals surface area contributed by atoms with Gasteiger partial charge in [-0.3, -0.25) is 4.79 Å². The normalized spacial score (nSPS) is 21.7. The predicted molar refractivity (Wildman–Crippen MR) is 103 cm³/mol. The molecule has 27 heavy (non-hydrogen) atoms. The first kappa shape index (κ1) is 20.7. The molecule has 1 saturated heterocycles. The molecule has 0 radical (unpaired) electrons. The van der Waals surface area contributed by atoms with Crippen molar-refractivity contribution in [3.05, 3.63) is 30.3 Å². The molecule has 148 valence electrons. The summed E-state index contributed by atoms with van der Waals surface area (Å²) >= 11 is 0. The Morgan fingerprint density at radius 1 is 1.07 bits per heavy atom. The molecule has 1 aromatic carbocycles. The number of rotatable bonds is 5. The third-order valence-corrected chi connectivity index (χ3v) is 4.82. The molecule has 0 saturated carbocycles. The minimum absolute atomic E-state index is 0.134. The van der Waals surface area contributed by atoms with E-state index >= 15 is 0 Å². The highest BCUT2D eigenvalue weighted by Crippen LogP contribution is 2.23. The number of amides is 3. The first-order valence-electron chi connectivity index (χ1n) is 9.44. The van der Waals surface area contributed by atoms with Crippen LogP contribution in [-0.2, 0) is 14.3 Å². The summed E-state index contributed by atoms with van der Waals surface area (Å²) in [5.74, 6) is -0.833. The van der Waals surface area contributed by atoms with E-state index in [1.807, 2.05) is 24.8 Å². The third-order valence-electron chi connectivity index (χ3n) is 4.82. The summed E-state index contributed by atoms with van der Waals surface area (Å²) in [4.78, 5) is 38.7. The SMILES string of the molecule is CC(NC(=O)Nc1ccccc1)C(=O)OC(C)C(=O)N1C(C)CCCC1C. The van der Waals surface area contributed by atoms with E-state index in [-0.39, 0.29) is 18.0 Å². The lowest BCUT2D eigenvalue weighted by molar-refractivity contribution is -0.163. The predicted octanol–water partition coefficient (Wildman–Crippen LogP) is 2.92. The maximum absolute atomic E-state index is 12.7. The van der Waals surface area contributed by atoms with Crippen molar-refractivity contribution in [2.75, 3.05) is 5.32 Å². The molecule has 1 aliphatic rings. The molecule has 1 heterocycles. The molecule has 3 amide bonds. The summed E-state index contributed by atoms with van der Waals surface area (Å²) < 4.78 is 5.30. The van der Waals surface area contributed by atoms with Gasteiger partial charge in [0, 0.05) is 17.8 Å². The van der Waals surface area contributed by atoms with Gasteiger partial charge in [-0.25, -0.2) is 9.59 Å². The van der Waals surface area contributed by atoms with Crippen LogP contribution in [0.5, 0.6) is 0 Å². The highest BCUT2D eigenvalue weighted by molar-refractivity contribution is 5.93. The summed E-state index contributed by atoms with van der Waals surface area (Å²) in [7, 11) is 0. The second-order valence-corrected chi connectivity index (χ2v) is 7.14. The van der Waals surface area contributed by atoms with Gasteiger partial charge >= 0.3 is 12.0 Å². The largest absolute Gasteiger partial charge is 0.451 e. The highest BCUT2D eigenvalue weighted by atomic mass is 16.5. The molecule has 0 aromatic heterocycles. The standard InChI is InChI=1S/C20H29N3O4/c1-13-9-8-10-14(2)23(13)18(24)16(4)27-19(25)15(3)21-20(26)22-17-11-6-5-7-12-17/h5-7,11-16H,8-10H2,1-4H3,(H2,21,22,26). The second-order valence-electron chi connectivity index (χ2n) is 7.14. The maximum atomic E-state index is 12.7. The van der Waals surface area contributed by atoms with E-state index < -0.39 is 24.1 Å². The van der Waals surface area contributed by atoms with Crippen molar-refractivity contribution in [1.82, 2.24) is 10.2 Å². The van der Waals surface area contributed by atoms with Crippen molar-refractivity contribution >= 4 is 23.6 Å². The first-order chi connectivity index (χ1) is 12.8. The molecule has 7 heteroatoms. The molecule has 1 aliphatic heterocycles. The van der Waals surface area contributed by atoms with Crippen molar-refractivity contribution in [3.8, 4) is 0 Å². The Bertz CT molecular complexity index is 654. The van der Waals surface area contributed by atoms with Crippen LogP contribution in [0.15, 0.2) is 30.3 Å². The smallest absolute Gasteiger partial charge is 0.329 e. The van der Waals surface area contributed by atoms with Gasteiger partial charge in [-0.1, -0.05) is 18.2 Å². The van der Waals surface area contributed by atoms with E-state index in [1.165, 1.54) is 6.92 Å². The van der Waals surface area contributed by atoms with E-state index in [9.17, 15) is 14.4 Å². The van der Waals surface area contributed by atoms with Crippen LogP contribution in [0.4, 0.5) is 10.5 Å². The van der Waals surface area contributed by atoms with Crippen LogP contribution in [0.3, 0.4) is 0 Å². The minimum atomic E-state index is -0.887. The average molecular weight is 375 g/mol. The Hall–Kier alpha value is -2.57. The molecular weight excluding hydrogens is 346 g/mol. The Kier molecular flexibility index (Phi) is 7.21. The Morgan fingerprint density at radius 3 is 2.26 bits per heavy atom. The molecule has 0 aliphatic carbocycles. The van der Waals surface area contributed by atoms with Gasteiger partial charge in [0.15, 0.2) is 6.10 Å². The van der Waals surface area contributed by atoms with Crippen LogP contribution in [0.25, 0.3) is 0 Å². The summed E-state index contributed by atoms with van der Waals surface area (Å²) in [5, 5.41) is 5.15. The van der Waals surface area contributed by atoms with Crippen LogP contribution >= 0.6 is 0 Å². The molecule has 7 nitrogen and oxygen atoms in total. The highest BCUT2D eigenvalue weighted by Gasteiger charge is 2.33. The number of likely N-dealkylation sites (tertiary alicyclic amines) is 1. The van der Waals surface area contributed by atoms with E-state index in [0.29, 0.717) is 5.69 Å². The maximum Gasteiger partial charge on any atom is 0.329 e. The van der Waals surface area contributed by atoms with Gasteiger partial charge in [0.2, 0.25) is 0 Å². The van der Waals surface area contributed by atoms with Gasteiger partial charge in [-0.05, 0) is 59.1 Å². The van der Waals surface area contributed by atoms with Gasteiger partial charge in [-0.2, -0.15) is 0 Å². The van der Waals surface area contributed by atoms with E-state index in [4.69, 9.17) is 4.74 Å². The molecule has 1 fully saturated rings. The van der Waals surface area contributed by atoms with E-state index in [0.717, 1.165) is 19.3 Å². The Morgan fingerprint density at radius 2 is 1.67 bits per heavy atom. The number of para-hydroxylation sites is 1. The molecular formula is C20H29N3O4. The van der Waals surface area contributed by atoms with Crippen molar-refractivity contribution in [3.63, 3.8) is 0 Å². The average Bonchev–Trinajstić information content (AvgIpc) is 2.62. The van der Waals surface area contributed by atoms with Crippen LogP contribution in [0.1, 0.15) is 47.0 Å². The van der Waals surface area contributed by atoms with Gasteiger partial charge in [0.25, 0.3) is 5.91 Å². The second kappa shape index (κ2) is 9.39. The Balaban J connectivity index is 1.85. The zero-order valence-electron chi connectivity index (χ0n) is 16.4. The van der Waals surface area contributed by atoms with Gasteiger partial charge in [0.05, 0.1) is 0 Å². The van der Waals surface area contributed by atoms with Gasteiger partial charge < -0.3 is 20.3 Å². The molecule has 0 spiro atoms. The van der Waals surface area contributed by atoms with Gasteiger partial charge in [0.1, 0.15) is 6.04 Å². The van der Waals surface area contributed by atoms with Crippen molar-refractivity contribution in [2.45, 2.75) is 71.2 Å². The number of urea groups is 1.